The van der Waals surface area contributed by atoms with Gasteiger partial charge >= 0.3 is 0 Å². The summed E-state index contributed by atoms with van der Waals surface area (Å²) in [6, 6.07) is 13.2. The molecule has 0 radical (unpaired) electrons. The van der Waals surface area contributed by atoms with Crippen molar-refractivity contribution in [2.45, 2.75) is 26.9 Å². The van der Waals surface area contributed by atoms with Crippen LogP contribution in [-0.2, 0) is 0 Å². The monoisotopic (exact) mass is 427 g/mol. The molecule has 2 aromatic rings. The third kappa shape index (κ3) is 8.68. The lowest BCUT2D eigenvalue weighted by Gasteiger charge is -2.12. The Morgan fingerprint density at radius 2 is 1.80 bits per heavy atom. The van der Waals surface area contributed by atoms with Gasteiger partial charge < -0.3 is 15.2 Å². The number of hydrogen-bond acceptors (Lipinski definition) is 3. The van der Waals surface area contributed by atoms with Crippen molar-refractivity contribution < 1.29 is 14.6 Å². The van der Waals surface area contributed by atoms with Crippen LogP contribution < -0.4 is 10.1 Å². The van der Waals surface area contributed by atoms with Gasteiger partial charge in [-0.15, -0.1) is 0 Å². The third-order valence-corrected chi connectivity index (χ3v) is 4.15. The molecule has 0 aliphatic rings. The molecule has 0 saturated heterocycles. The molecule has 2 rings (SSSR count). The van der Waals surface area contributed by atoms with Crippen LogP contribution in [0.4, 0.5) is 0 Å². The van der Waals surface area contributed by atoms with Crippen LogP contribution in [0.15, 0.2) is 73.9 Å². The number of amides is 1. The van der Waals surface area contributed by atoms with E-state index >= 15 is 0 Å². The Morgan fingerprint density at radius 3 is 2.30 bits per heavy atom. The summed E-state index contributed by atoms with van der Waals surface area (Å²) >= 11 is 6.00. The van der Waals surface area contributed by atoms with Gasteiger partial charge in [-0.1, -0.05) is 72.8 Å². The van der Waals surface area contributed by atoms with Crippen molar-refractivity contribution in [3.8, 4) is 5.75 Å². The molecule has 2 N–H and O–H groups in total. The summed E-state index contributed by atoms with van der Waals surface area (Å²) in [7, 11) is 0. The molecule has 0 aliphatic heterocycles. The highest BCUT2D eigenvalue weighted by molar-refractivity contribution is 6.32. The standard InChI is InChI=1S/C13H14.C12H16ClNO3/c1-4-6-12(5-2)13-9-7-11(3)8-10-13;1-8(2)17-11-4-3-9(7-10(11)13)12(16)14-5-6-15/h4-10H,1-2H2,3H3;3-4,7-8,15H,5-6H2,1-2H3,(H,14,16)/b12-6+;. The van der Waals surface area contributed by atoms with E-state index in [4.69, 9.17) is 21.4 Å². The summed E-state index contributed by atoms with van der Waals surface area (Å²) in [4.78, 5) is 11.6. The average molecular weight is 428 g/mol. The van der Waals surface area contributed by atoms with Gasteiger partial charge in [0.15, 0.2) is 0 Å². The van der Waals surface area contributed by atoms with Gasteiger partial charge in [-0.05, 0) is 50.1 Å². The number of hydrogen-bond donors (Lipinski definition) is 2. The molecule has 1 amide bonds. The molecule has 0 saturated carbocycles. The van der Waals surface area contributed by atoms with E-state index in [1.54, 1.807) is 24.3 Å². The van der Waals surface area contributed by atoms with Crippen molar-refractivity contribution in [1.29, 1.82) is 0 Å². The van der Waals surface area contributed by atoms with Crippen LogP contribution in [0.3, 0.4) is 0 Å². The van der Waals surface area contributed by atoms with Crippen LogP contribution in [0.5, 0.6) is 5.75 Å². The first-order chi connectivity index (χ1) is 14.3. The van der Waals surface area contributed by atoms with E-state index in [0.717, 1.165) is 5.57 Å². The largest absolute Gasteiger partial charge is 0.489 e. The lowest BCUT2D eigenvalue weighted by molar-refractivity contribution is 0.0944. The van der Waals surface area contributed by atoms with E-state index in [1.807, 2.05) is 26.0 Å². The van der Waals surface area contributed by atoms with Crippen molar-refractivity contribution in [3.63, 3.8) is 0 Å². The predicted octanol–water partition coefficient (Wildman–Crippen LogP) is 5.60. The van der Waals surface area contributed by atoms with Gasteiger partial charge in [-0.25, -0.2) is 0 Å². The Bertz CT molecular complexity index is 870. The van der Waals surface area contributed by atoms with Gasteiger partial charge in [0.2, 0.25) is 0 Å². The molecular formula is C25H30ClNO3. The summed E-state index contributed by atoms with van der Waals surface area (Å²) in [6.45, 7) is 13.4. The molecule has 0 heterocycles. The zero-order valence-corrected chi connectivity index (χ0v) is 18.6. The van der Waals surface area contributed by atoms with Gasteiger partial charge in [-0.3, -0.25) is 4.79 Å². The first-order valence-corrected chi connectivity index (χ1v) is 10.1. The van der Waals surface area contributed by atoms with Crippen LogP contribution in [0.1, 0.15) is 35.3 Å². The highest BCUT2D eigenvalue weighted by Gasteiger charge is 2.09. The van der Waals surface area contributed by atoms with Crippen molar-refractivity contribution >= 4 is 23.1 Å². The summed E-state index contributed by atoms with van der Waals surface area (Å²) < 4.78 is 5.46. The highest BCUT2D eigenvalue weighted by Crippen LogP contribution is 2.26. The number of aliphatic hydroxyl groups is 1. The second-order valence-corrected chi connectivity index (χ2v) is 7.13. The molecule has 0 fully saturated rings. The average Bonchev–Trinajstić information content (AvgIpc) is 2.72. The second-order valence-electron chi connectivity index (χ2n) is 6.72. The Kier molecular flexibility index (Phi) is 11.3. The van der Waals surface area contributed by atoms with Crippen LogP contribution in [0.25, 0.3) is 5.57 Å². The molecule has 0 aliphatic carbocycles. The van der Waals surface area contributed by atoms with E-state index in [1.165, 1.54) is 11.1 Å². The van der Waals surface area contributed by atoms with Crippen LogP contribution in [-0.4, -0.2) is 30.3 Å². The third-order valence-electron chi connectivity index (χ3n) is 3.86. The number of nitrogens with one attached hydrogen (secondary N) is 1. The Labute approximate surface area is 184 Å². The van der Waals surface area contributed by atoms with Gasteiger partial charge in [0.25, 0.3) is 5.91 Å². The maximum atomic E-state index is 11.6. The van der Waals surface area contributed by atoms with Crippen molar-refractivity contribution in [2.75, 3.05) is 13.2 Å². The van der Waals surface area contributed by atoms with Gasteiger partial charge in [-0.2, -0.15) is 0 Å². The number of aryl methyl sites for hydroxylation is 1. The molecule has 160 valence electrons. The number of rotatable bonds is 8. The molecular weight excluding hydrogens is 398 g/mol. The van der Waals surface area contributed by atoms with Crippen molar-refractivity contribution in [2.24, 2.45) is 0 Å². The van der Waals surface area contributed by atoms with Gasteiger partial charge in [0.05, 0.1) is 17.7 Å². The van der Waals surface area contributed by atoms with E-state index in [9.17, 15) is 4.79 Å². The van der Waals surface area contributed by atoms with Crippen LogP contribution in [0, 0.1) is 6.92 Å². The van der Waals surface area contributed by atoms with Gasteiger partial charge in [0, 0.05) is 12.1 Å². The normalized spacial score (nSPS) is 10.7. The number of benzene rings is 2. The van der Waals surface area contributed by atoms with E-state index < -0.39 is 0 Å². The minimum absolute atomic E-state index is 0.0292. The molecule has 5 heteroatoms. The summed E-state index contributed by atoms with van der Waals surface area (Å²) in [5.41, 5.74) is 4.00. The maximum absolute atomic E-state index is 11.6. The number of halogens is 1. The lowest BCUT2D eigenvalue weighted by atomic mass is 10.0. The smallest absolute Gasteiger partial charge is 0.251 e. The first kappa shape index (κ1) is 25.2. The van der Waals surface area contributed by atoms with Crippen LogP contribution >= 0.6 is 11.6 Å². The topological polar surface area (TPSA) is 58.6 Å². The number of carbonyl (C=O) groups excluding carboxylic acids is 1. The molecule has 0 aromatic heterocycles. The maximum Gasteiger partial charge on any atom is 0.251 e. The van der Waals surface area contributed by atoms with E-state index in [2.05, 4.69) is 49.7 Å². The van der Waals surface area contributed by atoms with Crippen molar-refractivity contribution in [1.82, 2.24) is 5.32 Å². The SMILES string of the molecule is C=C/C=C(\C=C)c1ccc(C)cc1.CC(C)Oc1ccc(C(=O)NCCO)cc1Cl. The van der Waals surface area contributed by atoms with E-state index in [-0.39, 0.29) is 25.2 Å². The zero-order chi connectivity index (χ0) is 22.5. The molecule has 0 bridgehead atoms. The molecule has 2 aromatic carbocycles. The quantitative estimate of drug-likeness (QED) is 0.539. The summed E-state index contributed by atoms with van der Waals surface area (Å²) in [5.74, 6) is 0.289. The zero-order valence-electron chi connectivity index (χ0n) is 17.8. The number of carbonyl (C=O) groups is 1. The summed E-state index contributed by atoms with van der Waals surface area (Å²) in [5, 5.41) is 11.5. The van der Waals surface area contributed by atoms with Crippen LogP contribution in [0.2, 0.25) is 5.02 Å². The first-order valence-electron chi connectivity index (χ1n) is 9.69. The summed E-state index contributed by atoms with van der Waals surface area (Å²) in [6.07, 6.45) is 5.60. The fourth-order valence-corrected chi connectivity index (χ4v) is 2.64. The fourth-order valence-electron chi connectivity index (χ4n) is 2.42. The highest BCUT2D eigenvalue weighted by atomic mass is 35.5. The Balaban J connectivity index is 0.000000311. The Hall–Kier alpha value is -2.82. The number of aliphatic hydroxyl groups excluding tert-OH is 1. The number of ether oxygens (including phenoxy) is 1. The molecule has 30 heavy (non-hydrogen) atoms. The second kappa shape index (κ2) is 13.4. The van der Waals surface area contributed by atoms with Gasteiger partial charge in [0.1, 0.15) is 5.75 Å². The minimum Gasteiger partial charge on any atom is -0.489 e. The predicted molar refractivity (Wildman–Crippen MR) is 126 cm³/mol. The fraction of sp³-hybridized carbons (Fsp3) is 0.240. The molecule has 0 spiro atoms. The molecule has 0 unspecified atom stereocenters. The lowest BCUT2D eigenvalue weighted by Crippen LogP contribution is -2.26. The Morgan fingerprint density at radius 1 is 1.17 bits per heavy atom. The minimum atomic E-state index is -0.267. The molecule has 4 nitrogen and oxygen atoms in total. The van der Waals surface area contributed by atoms with E-state index in [0.29, 0.717) is 16.3 Å². The van der Waals surface area contributed by atoms with Crippen molar-refractivity contribution in [3.05, 3.63) is 95.6 Å². The number of allylic oxidation sites excluding steroid dienone is 4. The molecule has 0 atom stereocenters.